The molecular formula is C10H12N2O. The van der Waals surface area contributed by atoms with Gasteiger partial charge >= 0.3 is 0 Å². The van der Waals surface area contributed by atoms with Crippen LogP contribution in [0.1, 0.15) is 29.9 Å². The number of nitrogens with two attached hydrogens (primary N) is 1. The number of pyridine rings is 1. The van der Waals surface area contributed by atoms with Crippen molar-refractivity contribution in [3.05, 3.63) is 29.6 Å². The molecule has 0 aliphatic rings. The van der Waals surface area contributed by atoms with Crippen LogP contribution in [0.25, 0.3) is 0 Å². The summed E-state index contributed by atoms with van der Waals surface area (Å²) < 4.78 is 0. The second-order valence-electron chi connectivity index (χ2n) is 1.91. The van der Waals surface area contributed by atoms with Crippen LogP contribution >= 0.6 is 0 Å². The first-order valence-corrected chi connectivity index (χ1v) is 3.97. The number of terminal acetylenes is 1. The van der Waals surface area contributed by atoms with Gasteiger partial charge in [-0.1, -0.05) is 13.8 Å². The fourth-order valence-corrected chi connectivity index (χ4v) is 0.719. The standard InChI is InChI=1S/C8H6N2O.C2H6/c1-2-7-6(8(9)11)4-3-5-10-7;1-2/h1,3-5H,(H2,9,11);1-2H3. The van der Waals surface area contributed by atoms with E-state index in [1.807, 2.05) is 13.8 Å². The van der Waals surface area contributed by atoms with Gasteiger partial charge in [0.1, 0.15) is 5.69 Å². The average molecular weight is 176 g/mol. The van der Waals surface area contributed by atoms with Crippen LogP contribution in [-0.2, 0) is 0 Å². The maximum Gasteiger partial charge on any atom is 0.251 e. The molecule has 0 aliphatic carbocycles. The van der Waals surface area contributed by atoms with Gasteiger partial charge in [-0.05, 0) is 18.1 Å². The van der Waals surface area contributed by atoms with Crippen LogP contribution in [0.4, 0.5) is 0 Å². The fraction of sp³-hybridized carbons (Fsp3) is 0.200. The van der Waals surface area contributed by atoms with Gasteiger partial charge in [0.2, 0.25) is 0 Å². The third-order valence-corrected chi connectivity index (χ3v) is 1.21. The molecule has 3 heteroatoms. The lowest BCUT2D eigenvalue weighted by molar-refractivity contribution is 0.0999. The molecule has 1 amide bonds. The summed E-state index contributed by atoms with van der Waals surface area (Å²) in [6, 6.07) is 3.16. The number of carbonyl (C=O) groups is 1. The lowest BCUT2D eigenvalue weighted by atomic mass is 10.2. The lowest BCUT2D eigenvalue weighted by Crippen LogP contribution is -2.13. The summed E-state index contributed by atoms with van der Waals surface area (Å²) in [6.07, 6.45) is 6.58. The highest BCUT2D eigenvalue weighted by molar-refractivity contribution is 5.94. The van der Waals surface area contributed by atoms with E-state index in [0.29, 0.717) is 5.69 Å². The van der Waals surface area contributed by atoms with E-state index < -0.39 is 5.91 Å². The van der Waals surface area contributed by atoms with E-state index in [0.717, 1.165) is 0 Å². The van der Waals surface area contributed by atoms with Crippen molar-refractivity contribution < 1.29 is 4.79 Å². The zero-order chi connectivity index (χ0) is 10.3. The van der Waals surface area contributed by atoms with Crippen molar-refractivity contribution in [1.29, 1.82) is 0 Å². The number of aromatic nitrogens is 1. The van der Waals surface area contributed by atoms with E-state index in [4.69, 9.17) is 12.2 Å². The van der Waals surface area contributed by atoms with Crippen molar-refractivity contribution in [2.24, 2.45) is 5.73 Å². The average Bonchev–Trinajstić information content (AvgIpc) is 2.20. The molecule has 0 fully saturated rings. The van der Waals surface area contributed by atoms with Gasteiger partial charge in [0.25, 0.3) is 5.91 Å². The van der Waals surface area contributed by atoms with Crippen LogP contribution in [0.5, 0.6) is 0 Å². The maximum atomic E-state index is 10.7. The van der Waals surface area contributed by atoms with E-state index in [2.05, 4.69) is 10.9 Å². The van der Waals surface area contributed by atoms with Crippen molar-refractivity contribution in [3.8, 4) is 12.3 Å². The van der Waals surface area contributed by atoms with E-state index >= 15 is 0 Å². The highest BCUT2D eigenvalue weighted by atomic mass is 16.1. The monoisotopic (exact) mass is 176 g/mol. The number of rotatable bonds is 1. The summed E-state index contributed by atoms with van der Waals surface area (Å²) in [4.78, 5) is 14.4. The number of hydrogen-bond acceptors (Lipinski definition) is 2. The van der Waals surface area contributed by atoms with Crippen molar-refractivity contribution in [3.63, 3.8) is 0 Å². The molecule has 1 aromatic rings. The number of primary amides is 1. The van der Waals surface area contributed by atoms with Gasteiger partial charge in [0.15, 0.2) is 0 Å². The Morgan fingerprint density at radius 1 is 1.62 bits per heavy atom. The molecular weight excluding hydrogens is 164 g/mol. The van der Waals surface area contributed by atoms with E-state index in [9.17, 15) is 4.79 Å². The molecule has 0 unspecified atom stereocenters. The highest BCUT2D eigenvalue weighted by Crippen LogP contribution is 2.01. The molecule has 1 rings (SSSR count). The van der Waals surface area contributed by atoms with Crippen molar-refractivity contribution in [1.82, 2.24) is 4.98 Å². The summed E-state index contributed by atoms with van der Waals surface area (Å²) in [5, 5.41) is 0. The summed E-state index contributed by atoms with van der Waals surface area (Å²) in [5.41, 5.74) is 5.59. The van der Waals surface area contributed by atoms with Crippen LogP contribution in [0.2, 0.25) is 0 Å². The normalized spacial score (nSPS) is 7.77. The first-order valence-electron chi connectivity index (χ1n) is 3.97. The first kappa shape index (κ1) is 11.2. The molecule has 0 radical (unpaired) electrons. The van der Waals surface area contributed by atoms with Crippen LogP contribution in [0.3, 0.4) is 0 Å². The van der Waals surface area contributed by atoms with Crippen LogP contribution < -0.4 is 5.73 Å². The van der Waals surface area contributed by atoms with Crippen LogP contribution in [0, 0.1) is 12.3 Å². The van der Waals surface area contributed by atoms with Gasteiger partial charge < -0.3 is 5.73 Å². The Kier molecular flexibility index (Phi) is 4.97. The Hall–Kier alpha value is -1.82. The molecule has 68 valence electrons. The fourth-order valence-electron chi connectivity index (χ4n) is 0.719. The summed E-state index contributed by atoms with van der Waals surface area (Å²) in [5.74, 6) is 1.72. The largest absolute Gasteiger partial charge is 0.366 e. The zero-order valence-corrected chi connectivity index (χ0v) is 7.74. The quantitative estimate of drug-likeness (QED) is 0.653. The predicted octanol–water partition coefficient (Wildman–Crippen LogP) is 1.19. The molecule has 0 bridgehead atoms. The molecule has 0 spiro atoms. The summed E-state index contributed by atoms with van der Waals surface area (Å²) >= 11 is 0. The van der Waals surface area contributed by atoms with E-state index in [1.54, 1.807) is 12.1 Å². The smallest absolute Gasteiger partial charge is 0.251 e. The molecule has 3 nitrogen and oxygen atoms in total. The van der Waals surface area contributed by atoms with Gasteiger partial charge in [-0.15, -0.1) is 6.42 Å². The van der Waals surface area contributed by atoms with Gasteiger partial charge in [-0.3, -0.25) is 4.79 Å². The molecule has 0 aromatic carbocycles. The van der Waals surface area contributed by atoms with Gasteiger partial charge in [0, 0.05) is 6.20 Å². The molecule has 13 heavy (non-hydrogen) atoms. The number of carbonyl (C=O) groups excluding carboxylic acids is 1. The minimum Gasteiger partial charge on any atom is -0.366 e. The lowest BCUT2D eigenvalue weighted by Gasteiger charge is -1.95. The second kappa shape index (κ2) is 5.78. The molecule has 1 aromatic heterocycles. The summed E-state index contributed by atoms with van der Waals surface area (Å²) in [7, 11) is 0. The Balaban J connectivity index is 0.000000671. The Labute approximate surface area is 78.0 Å². The SMILES string of the molecule is C#Cc1ncccc1C(N)=O.CC. The Bertz CT molecular complexity index is 326. The van der Waals surface area contributed by atoms with Crippen LogP contribution in [0.15, 0.2) is 18.3 Å². The third-order valence-electron chi connectivity index (χ3n) is 1.21. The van der Waals surface area contributed by atoms with Crippen molar-refractivity contribution in [2.45, 2.75) is 13.8 Å². The zero-order valence-electron chi connectivity index (χ0n) is 7.74. The number of hydrogen-bond donors (Lipinski definition) is 1. The van der Waals surface area contributed by atoms with E-state index in [1.165, 1.54) is 6.20 Å². The van der Waals surface area contributed by atoms with Gasteiger partial charge in [-0.2, -0.15) is 0 Å². The second-order valence-corrected chi connectivity index (χ2v) is 1.91. The molecule has 1 heterocycles. The topological polar surface area (TPSA) is 56.0 Å². The Morgan fingerprint density at radius 3 is 2.62 bits per heavy atom. The van der Waals surface area contributed by atoms with Gasteiger partial charge in [0.05, 0.1) is 5.56 Å². The van der Waals surface area contributed by atoms with Gasteiger partial charge in [-0.25, -0.2) is 4.98 Å². The molecule has 0 atom stereocenters. The minimum atomic E-state index is -0.550. The first-order chi connectivity index (χ1) is 6.25. The van der Waals surface area contributed by atoms with E-state index in [-0.39, 0.29) is 5.56 Å². The molecule has 0 saturated heterocycles. The van der Waals surface area contributed by atoms with Crippen molar-refractivity contribution in [2.75, 3.05) is 0 Å². The number of nitrogens with zero attached hydrogens (tertiary/aromatic N) is 1. The third kappa shape index (κ3) is 2.96. The maximum absolute atomic E-state index is 10.7. The predicted molar refractivity (Wildman–Crippen MR) is 52.0 cm³/mol. The van der Waals surface area contributed by atoms with Crippen molar-refractivity contribution >= 4 is 5.91 Å². The highest BCUT2D eigenvalue weighted by Gasteiger charge is 2.04. The number of amides is 1. The minimum absolute atomic E-state index is 0.287. The molecule has 2 N–H and O–H groups in total. The molecule has 0 saturated carbocycles. The molecule has 0 aliphatic heterocycles. The Morgan fingerprint density at radius 2 is 2.23 bits per heavy atom. The van der Waals surface area contributed by atoms with Crippen LogP contribution in [-0.4, -0.2) is 10.9 Å². The summed E-state index contributed by atoms with van der Waals surface area (Å²) in [6.45, 7) is 4.00.